The molecule has 4 rings (SSSR count). The fourth-order valence-corrected chi connectivity index (χ4v) is 3.61. The second kappa shape index (κ2) is 7.31. The van der Waals surface area contributed by atoms with Gasteiger partial charge in [-0.2, -0.15) is 0 Å². The number of benzene rings is 2. The summed E-state index contributed by atoms with van der Waals surface area (Å²) in [4.78, 5) is 4.69. The average Bonchev–Trinajstić information content (AvgIpc) is 2.98. The second-order valence-corrected chi connectivity index (χ2v) is 6.79. The molecule has 0 saturated carbocycles. The number of methoxy groups -OCH3 is 1. The molecule has 1 aromatic heterocycles. The highest BCUT2D eigenvalue weighted by Crippen LogP contribution is 2.46. The van der Waals surface area contributed by atoms with E-state index in [2.05, 4.69) is 4.98 Å². The Morgan fingerprint density at radius 1 is 1.15 bits per heavy atom. The van der Waals surface area contributed by atoms with Gasteiger partial charge >= 0.3 is 0 Å². The molecule has 1 aliphatic heterocycles. The van der Waals surface area contributed by atoms with E-state index in [-0.39, 0.29) is 0 Å². The molecule has 1 aliphatic rings. The Hall–Kier alpha value is -2.41. The van der Waals surface area contributed by atoms with Gasteiger partial charge in [-0.05, 0) is 18.6 Å². The van der Waals surface area contributed by atoms with Gasteiger partial charge in [0.05, 0.1) is 18.7 Å². The van der Waals surface area contributed by atoms with Crippen molar-refractivity contribution in [2.45, 2.75) is 25.2 Å². The lowest BCUT2D eigenvalue weighted by Crippen LogP contribution is -2.36. The summed E-state index contributed by atoms with van der Waals surface area (Å²) in [5, 5.41) is 11.0. The van der Waals surface area contributed by atoms with Crippen molar-refractivity contribution >= 4 is 11.0 Å². The molecule has 2 heterocycles. The van der Waals surface area contributed by atoms with Crippen LogP contribution in [0.3, 0.4) is 0 Å². The number of rotatable bonds is 5. The van der Waals surface area contributed by atoms with E-state index < -0.39 is 18.3 Å². The third kappa shape index (κ3) is 3.10. The SMILES string of the molecule is COCCO[C@@H]1c2ccc3c(nc(C)n3C)c2OC(c2ccccc2)C1O. The van der Waals surface area contributed by atoms with Crippen LogP contribution in [0.4, 0.5) is 0 Å². The van der Waals surface area contributed by atoms with Crippen molar-refractivity contribution in [1.82, 2.24) is 9.55 Å². The summed E-state index contributed by atoms with van der Waals surface area (Å²) in [5.74, 6) is 1.58. The number of imidazole rings is 1. The number of aromatic nitrogens is 2. The molecule has 0 radical (unpaired) electrons. The number of hydrogen-bond acceptors (Lipinski definition) is 5. The summed E-state index contributed by atoms with van der Waals surface area (Å²) in [6.07, 6.45) is -1.88. The second-order valence-electron chi connectivity index (χ2n) is 6.79. The van der Waals surface area contributed by atoms with E-state index in [0.717, 1.165) is 28.0 Å². The van der Waals surface area contributed by atoms with Gasteiger partial charge < -0.3 is 23.9 Å². The zero-order valence-corrected chi connectivity index (χ0v) is 15.8. The minimum atomic E-state index is -0.834. The average molecular weight is 368 g/mol. The lowest BCUT2D eigenvalue weighted by Gasteiger charge is -2.37. The van der Waals surface area contributed by atoms with Gasteiger partial charge in [0.1, 0.15) is 23.5 Å². The van der Waals surface area contributed by atoms with E-state index in [0.29, 0.717) is 19.0 Å². The number of fused-ring (bicyclic) bond motifs is 3. The largest absolute Gasteiger partial charge is 0.480 e. The molecule has 142 valence electrons. The van der Waals surface area contributed by atoms with Crippen LogP contribution < -0.4 is 4.74 Å². The number of hydrogen-bond donors (Lipinski definition) is 1. The molecule has 0 bridgehead atoms. The summed E-state index contributed by atoms with van der Waals surface area (Å²) in [6, 6.07) is 13.7. The highest BCUT2D eigenvalue weighted by Gasteiger charge is 2.40. The van der Waals surface area contributed by atoms with Gasteiger partial charge in [-0.3, -0.25) is 0 Å². The van der Waals surface area contributed by atoms with E-state index in [4.69, 9.17) is 14.2 Å². The van der Waals surface area contributed by atoms with Crippen LogP contribution in [0.15, 0.2) is 42.5 Å². The molecule has 0 spiro atoms. The molecule has 2 aromatic carbocycles. The first-order chi connectivity index (χ1) is 13.1. The summed E-state index contributed by atoms with van der Waals surface area (Å²) in [5.41, 5.74) is 3.50. The van der Waals surface area contributed by atoms with Gasteiger partial charge in [0, 0.05) is 19.7 Å². The Morgan fingerprint density at radius 2 is 1.93 bits per heavy atom. The maximum Gasteiger partial charge on any atom is 0.154 e. The lowest BCUT2D eigenvalue weighted by molar-refractivity contribution is -0.108. The molecular formula is C21H24N2O4. The monoisotopic (exact) mass is 368 g/mol. The fourth-order valence-electron chi connectivity index (χ4n) is 3.61. The Balaban J connectivity index is 1.82. The Kier molecular flexibility index (Phi) is 4.86. The number of aliphatic hydroxyl groups is 1. The topological polar surface area (TPSA) is 65.7 Å². The maximum absolute atomic E-state index is 11.0. The molecule has 6 nitrogen and oxygen atoms in total. The van der Waals surface area contributed by atoms with Crippen molar-refractivity contribution in [3.63, 3.8) is 0 Å². The molecular weight excluding hydrogens is 344 g/mol. The van der Waals surface area contributed by atoms with Crippen LogP contribution in [-0.4, -0.2) is 41.1 Å². The molecule has 6 heteroatoms. The molecule has 3 atom stereocenters. The lowest BCUT2D eigenvalue weighted by atomic mass is 9.91. The van der Waals surface area contributed by atoms with Crippen LogP contribution in [-0.2, 0) is 16.5 Å². The van der Waals surface area contributed by atoms with Crippen molar-refractivity contribution in [3.8, 4) is 5.75 Å². The standard InChI is InChI=1S/C21H24N2O4/c1-13-22-17-16(23(13)2)10-9-15-20(17)27-19(14-7-5-4-6-8-14)18(24)21(15)26-12-11-25-3/h4-10,18-19,21,24H,11-12H2,1-3H3/t18?,19?,21-/m1/s1. The van der Waals surface area contributed by atoms with Gasteiger partial charge in [-0.1, -0.05) is 36.4 Å². The zero-order valence-electron chi connectivity index (χ0n) is 15.8. The van der Waals surface area contributed by atoms with E-state index in [1.54, 1.807) is 7.11 Å². The van der Waals surface area contributed by atoms with Crippen molar-refractivity contribution in [2.75, 3.05) is 20.3 Å². The minimum absolute atomic E-state index is 0.387. The molecule has 0 aliphatic carbocycles. The molecule has 0 fully saturated rings. The predicted octanol–water partition coefficient (Wildman–Crippen LogP) is 3.08. The molecule has 1 N–H and O–H groups in total. The van der Waals surface area contributed by atoms with Gasteiger partial charge in [0.25, 0.3) is 0 Å². The number of ether oxygens (including phenoxy) is 3. The van der Waals surface area contributed by atoms with E-state index in [9.17, 15) is 5.11 Å². The van der Waals surface area contributed by atoms with Crippen LogP contribution in [0.5, 0.6) is 5.75 Å². The van der Waals surface area contributed by atoms with E-state index in [1.165, 1.54) is 0 Å². The predicted molar refractivity (Wildman–Crippen MR) is 102 cm³/mol. The Morgan fingerprint density at radius 3 is 2.67 bits per heavy atom. The summed E-state index contributed by atoms with van der Waals surface area (Å²) >= 11 is 0. The van der Waals surface area contributed by atoms with Gasteiger partial charge in [-0.25, -0.2) is 4.98 Å². The van der Waals surface area contributed by atoms with Crippen LogP contribution in [0.1, 0.15) is 29.2 Å². The van der Waals surface area contributed by atoms with Gasteiger partial charge in [0.2, 0.25) is 0 Å². The van der Waals surface area contributed by atoms with Crippen LogP contribution in [0.2, 0.25) is 0 Å². The molecule has 0 saturated heterocycles. The summed E-state index contributed by atoms with van der Waals surface area (Å²) in [7, 11) is 3.61. The van der Waals surface area contributed by atoms with Crippen LogP contribution >= 0.6 is 0 Å². The maximum atomic E-state index is 11.0. The number of nitrogens with zero attached hydrogens (tertiary/aromatic N) is 2. The highest BCUT2D eigenvalue weighted by atomic mass is 16.5. The molecule has 27 heavy (non-hydrogen) atoms. The Bertz CT molecular complexity index is 938. The van der Waals surface area contributed by atoms with Gasteiger partial charge in [-0.15, -0.1) is 0 Å². The number of aliphatic hydroxyl groups excluding tert-OH is 1. The van der Waals surface area contributed by atoms with Crippen molar-refractivity contribution in [3.05, 3.63) is 59.4 Å². The highest BCUT2D eigenvalue weighted by molar-refractivity contribution is 5.84. The fraction of sp³-hybridized carbons (Fsp3) is 0.381. The smallest absolute Gasteiger partial charge is 0.154 e. The normalized spacial score (nSPS) is 21.9. The minimum Gasteiger partial charge on any atom is -0.480 e. The number of aryl methyl sites for hydroxylation is 2. The molecule has 3 aromatic rings. The third-order valence-electron chi connectivity index (χ3n) is 5.15. The third-order valence-corrected chi connectivity index (χ3v) is 5.15. The zero-order chi connectivity index (χ0) is 19.0. The molecule has 0 amide bonds. The summed E-state index contributed by atoms with van der Waals surface area (Å²) in [6.45, 7) is 2.81. The van der Waals surface area contributed by atoms with Crippen molar-refractivity contribution < 1.29 is 19.3 Å². The quantitative estimate of drug-likeness (QED) is 0.701. The first-order valence-electron chi connectivity index (χ1n) is 9.08. The van der Waals surface area contributed by atoms with E-state index in [1.807, 2.05) is 61.0 Å². The summed E-state index contributed by atoms with van der Waals surface area (Å²) < 4.78 is 19.5. The molecule has 2 unspecified atom stereocenters. The Labute approximate surface area is 158 Å². The van der Waals surface area contributed by atoms with Crippen molar-refractivity contribution in [2.24, 2.45) is 7.05 Å². The van der Waals surface area contributed by atoms with Crippen LogP contribution in [0, 0.1) is 6.92 Å². The first kappa shape index (κ1) is 18.0. The van der Waals surface area contributed by atoms with Crippen molar-refractivity contribution in [1.29, 1.82) is 0 Å². The van der Waals surface area contributed by atoms with Gasteiger partial charge in [0.15, 0.2) is 11.9 Å². The van der Waals surface area contributed by atoms with E-state index >= 15 is 0 Å². The first-order valence-corrected chi connectivity index (χ1v) is 9.08. The van der Waals surface area contributed by atoms with Crippen LogP contribution in [0.25, 0.3) is 11.0 Å².